The van der Waals surface area contributed by atoms with Gasteiger partial charge in [0.15, 0.2) is 0 Å². The largest absolute Gasteiger partial charge is 0.361 e. The van der Waals surface area contributed by atoms with Crippen molar-refractivity contribution in [2.24, 2.45) is 7.05 Å². The van der Waals surface area contributed by atoms with Crippen LogP contribution in [0.25, 0.3) is 11.0 Å². The fraction of sp³-hybridized carbons (Fsp3) is 0.500. The average molecular weight is 357 g/mol. The number of aromatic nitrogens is 2. The number of rotatable bonds is 5. The second-order valence-electron chi connectivity index (χ2n) is 6.25. The number of hydrogen-bond acceptors (Lipinski definition) is 2. The van der Waals surface area contributed by atoms with E-state index in [2.05, 4.69) is 35.6 Å². The van der Waals surface area contributed by atoms with Crippen molar-refractivity contribution < 1.29 is 4.74 Å². The number of hydrogen-bond donors (Lipinski definition) is 0. The van der Waals surface area contributed by atoms with E-state index in [9.17, 15) is 4.79 Å². The van der Waals surface area contributed by atoms with Crippen LogP contribution in [0.1, 0.15) is 0 Å². The van der Waals surface area contributed by atoms with Gasteiger partial charge in [-0.15, -0.1) is 0 Å². The molecule has 0 aliphatic heterocycles. The van der Waals surface area contributed by atoms with E-state index in [0.29, 0.717) is 6.73 Å². The predicted octanol–water partition coefficient (Wildman–Crippen LogP) is 3.41. The molecule has 0 saturated heterocycles. The predicted molar refractivity (Wildman–Crippen MR) is 89.0 cm³/mol. The van der Waals surface area contributed by atoms with E-state index in [1.807, 2.05) is 18.2 Å². The van der Waals surface area contributed by atoms with Gasteiger partial charge in [-0.2, -0.15) is 0 Å². The van der Waals surface area contributed by atoms with Crippen molar-refractivity contribution in [2.45, 2.75) is 32.4 Å². The number of ether oxygens (including phenoxy) is 1. The molecule has 1 heterocycles. The minimum atomic E-state index is -1.09. The first-order chi connectivity index (χ1) is 9.29. The van der Waals surface area contributed by atoms with Gasteiger partial charge in [0, 0.05) is 26.2 Å². The van der Waals surface area contributed by atoms with Gasteiger partial charge < -0.3 is 4.74 Å². The first-order valence-corrected chi connectivity index (χ1v) is 11.2. The molecule has 1 aromatic heterocycles. The van der Waals surface area contributed by atoms with E-state index in [4.69, 9.17) is 4.74 Å². The number of halogens is 1. The summed E-state index contributed by atoms with van der Waals surface area (Å²) in [6.07, 6.45) is 0. The lowest BCUT2D eigenvalue weighted by atomic mass is 10.3. The first-order valence-electron chi connectivity index (χ1n) is 6.72. The lowest BCUT2D eigenvalue weighted by Crippen LogP contribution is -2.25. The highest BCUT2D eigenvalue weighted by molar-refractivity contribution is 9.10. The Kier molecular flexibility index (Phi) is 4.56. The molecule has 0 fully saturated rings. The number of aryl methyl sites for hydroxylation is 1. The van der Waals surface area contributed by atoms with E-state index < -0.39 is 8.07 Å². The molecule has 2 rings (SSSR count). The van der Waals surface area contributed by atoms with Crippen LogP contribution in [0.2, 0.25) is 25.7 Å². The standard InChI is InChI=1S/C14H21BrN2O2Si/c1-16-13-9-11(15)5-6-12(13)17(14(16)18)10-19-7-8-20(2,3)4/h5-6,9H,7-8,10H2,1-4H3. The second-order valence-corrected chi connectivity index (χ2v) is 12.8. The van der Waals surface area contributed by atoms with Crippen molar-refractivity contribution in [1.29, 1.82) is 0 Å². The van der Waals surface area contributed by atoms with Crippen molar-refractivity contribution in [3.63, 3.8) is 0 Å². The summed E-state index contributed by atoms with van der Waals surface area (Å²) >= 11 is 3.43. The molecule has 0 radical (unpaired) electrons. The van der Waals surface area contributed by atoms with Crippen molar-refractivity contribution >= 4 is 35.0 Å². The van der Waals surface area contributed by atoms with Gasteiger partial charge in [-0.3, -0.25) is 9.13 Å². The van der Waals surface area contributed by atoms with E-state index in [-0.39, 0.29) is 5.69 Å². The molecule has 0 atom stereocenters. The van der Waals surface area contributed by atoms with Gasteiger partial charge in [-0.25, -0.2) is 4.79 Å². The van der Waals surface area contributed by atoms with E-state index in [1.54, 1.807) is 16.2 Å². The highest BCUT2D eigenvalue weighted by Gasteiger charge is 2.14. The molecule has 0 N–H and O–H groups in total. The maximum Gasteiger partial charge on any atom is 0.330 e. The van der Waals surface area contributed by atoms with E-state index in [1.165, 1.54) is 0 Å². The molecule has 0 aliphatic rings. The molecule has 0 unspecified atom stereocenters. The molecule has 2 aromatic rings. The van der Waals surface area contributed by atoms with Crippen molar-refractivity contribution in [3.8, 4) is 0 Å². The van der Waals surface area contributed by atoms with Crippen LogP contribution in [-0.2, 0) is 18.5 Å². The Hall–Kier alpha value is -0.853. The third-order valence-corrected chi connectivity index (χ3v) is 5.52. The summed E-state index contributed by atoms with van der Waals surface area (Å²) in [5, 5.41) is 0. The molecule has 6 heteroatoms. The first kappa shape index (κ1) is 15.5. The van der Waals surface area contributed by atoms with Gasteiger partial charge in [0.2, 0.25) is 0 Å². The molecule has 0 saturated carbocycles. The number of nitrogens with zero attached hydrogens (tertiary/aromatic N) is 2. The van der Waals surface area contributed by atoms with Crippen LogP contribution in [0.15, 0.2) is 27.5 Å². The fourth-order valence-corrected chi connectivity index (χ4v) is 3.15. The van der Waals surface area contributed by atoms with Gasteiger partial charge in [-0.05, 0) is 24.2 Å². The van der Waals surface area contributed by atoms with Crippen molar-refractivity contribution in [2.75, 3.05) is 6.61 Å². The van der Waals surface area contributed by atoms with Crippen LogP contribution in [0.3, 0.4) is 0 Å². The average Bonchev–Trinajstić information content (AvgIpc) is 2.58. The summed E-state index contributed by atoms with van der Waals surface area (Å²) in [6.45, 7) is 7.99. The summed E-state index contributed by atoms with van der Waals surface area (Å²) in [6, 6.07) is 6.95. The summed E-state index contributed by atoms with van der Waals surface area (Å²) in [5.41, 5.74) is 1.79. The molecule has 0 spiro atoms. The Morgan fingerprint density at radius 2 is 1.95 bits per heavy atom. The minimum Gasteiger partial charge on any atom is -0.361 e. The highest BCUT2D eigenvalue weighted by Crippen LogP contribution is 2.18. The van der Waals surface area contributed by atoms with E-state index >= 15 is 0 Å². The monoisotopic (exact) mass is 356 g/mol. The number of imidazole rings is 1. The lowest BCUT2D eigenvalue weighted by Gasteiger charge is -2.15. The summed E-state index contributed by atoms with van der Waals surface area (Å²) in [4.78, 5) is 12.2. The number of fused-ring (bicyclic) bond motifs is 1. The number of benzene rings is 1. The molecule has 20 heavy (non-hydrogen) atoms. The summed E-state index contributed by atoms with van der Waals surface area (Å²) in [5.74, 6) is 0. The second kappa shape index (κ2) is 5.87. The summed E-state index contributed by atoms with van der Waals surface area (Å²) in [7, 11) is 0.699. The van der Waals surface area contributed by atoms with Gasteiger partial charge in [0.05, 0.1) is 11.0 Å². The zero-order valence-corrected chi connectivity index (χ0v) is 15.0. The Balaban J connectivity index is 2.18. The molecule has 110 valence electrons. The van der Waals surface area contributed by atoms with Crippen LogP contribution in [0.5, 0.6) is 0 Å². The third-order valence-electron chi connectivity index (χ3n) is 3.32. The third kappa shape index (κ3) is 3.42. The van der Waals surface area contributed by atoms with Gasteiger partial charge in [0.1, 0.15) is 6.73 Å². The van der Waals surface area contributed by atoms with E-state index in [0.717, 1.165) is 28.2 Å². The molecule has 4 nitrogen and oxygen atoms in total. The minimum absolute atomic E-state index is 0.0360. The Morgan fingerprint density at radius 1 is 1.25 bits per heavy atom. The molecule has 0 amide bonds. The molecule has 0 aliphatic carbocycles. The van der Waals surface area contributed by atoms with Crippen molar-refractivity contribution in [3.05, 3.63) is 33.2 Å². The lowest BCUT2D eigenvalue weighted by molar-refractivity contribution is 0.0873. The van der Waals surface area contributed by atoms with Gasteiger partial charge in [0.25, 0.3) is 0 Å². The van der Waals surface area contributed by atoms with Crippen LogP contribution in [-0.4, -0.2) is 23.8 Å². The van der Waals surface area contributed by atoms with Gasteiger partial charge >= 0.3 is 5.69 Å². The maximum atomic E-state index is 12.2. The Labute approximate surface area is 128 Å². The van der Waals surface area contributed by atoms with Crippen LogP contribution in [0.4, 0.5) is 0 Å². The van der Waals surface area contributed by atoms with Crippen LogP contribution >= 0.6 is 15.9 Å². The Morgan fingerprint density at radius 3 is 2.60 bits per heavy atom. The quantitative estimate of drug-likeness (QED) is 0.607. The smallest absolute Gasteiger partial charge is 0.330 e. The normalized spacial score (nSPS) is 12.2. The van der Waals surface area contributed by atoms with Gasteiger partial charge in [-0.1, -0.05) is 35.6 Å². The fourth-order valence-electron chi connectivity index (χ4n) is 2.04. The van der Waals surface area contributed by atoms with Crippen molar-refractivity contribution in [1.82, 2.24) is 9.13 Å². The SMILES string of the molecule is Cn1c(=O)n(COCC[Si](C)(C)C)c2ccc(Br)cc21. The Bertz CT molecular complexity index is 670. The zero-order valence-electron chi connectivity index (χ0n) is 12.4. The topological polar surface area (TPSA) is 36.2 Å². The molecular formula is C14H21BrN2O2Si. The zero-order chi connectivity index (χ0) is 14.9. The van der Waals surface area contributed by atoms with Crippen LogP contribution < -0.4 is 5.69 Å². The molecule has 0 bridgehead atoms. The maximum absolute atomic E-state index is 12.2. The summed E-state index contributed by atoms with van der Waals surface area (Å²) < 4.78 is 10.0. The highest BCUT2D eigenvalue weighted by atomic mass is 79.9. The molecule has 1 aromatic carbocycles. The molecular weight excluding hydrogens is 336 g/mol. The van der Waals surface area contributed by atoms with Crippen LogP contribution in [0, 0.1) is 0 Å².